The fourth-order valence-electron chi connectivity index (χ4n) is 2.35. The Bertz CT molecular complexity index is 740. The number of anilines is 1. The first-order valence-corrected chi connectivity index (χ1v) is 8.42. The first kappa shape index (κ1) is 18.6. The van der Waals surface area contributed by atoms with E-state index in [-0.39, 0.29) is 5.91 Å². The molecule has 132 valence electrons. The molecule has 2 aromatic rings. The van der Waals surface area contributed by atoms with Gasteiger partial charge in [0.05, 0.1) is 0 Å². The van der Waals surface area contributed by atoms with Crippen LogP contribution in [0.1, 0.15) is 24.5 Å². The minimum Gasteiger partial charge on any atom is -0.489 e. The molecule has 2 aromatic carbocycles. The Morgan fingerprint density at radius 2 is 2.04 bits per heavy atom. The molecule has 0 unspecified atom stereocenters. The molecule has 0 bridgehead atoms. The maximum Gasteiger partial charge on any atom is 0.265 e. The molecule has 2 rings (SSSR count). The van der Waals surface area contributed by atoms with Crippen LogP contribution in [0.3, 0.4) is 0 Å². The van der Waals surface area contributed by atoms with Crippen LogP contribution in [-0.4, -0.2) is 18.6 Å². The maximum absolute atomic E-state index is 12.6. The van der Waals surface area contributed by atoms with Gasteiger partial charge in [0, 0.05) is 11.8 Å². The number of rotatable bonds is 8. The molecule has 0 aliphatic heterocycles. The normalized spacial score (nSPS) is 11.5. The van der Waals surface area contributed by atoms with Gasteiger partial charge in [-0.05, 0) is 49.6 Å². The van der Waals surface area contributed by atoms with Crippen molar-refractivity contribution in [2.75, 3.05) is 11.9 Å². The van der Waals surface area contributed by atoms with Gasteiger partial charge >= 0.3 is 0 Å². The third kappa shape index (κ3) is 5.38. The number of benzene rings is 2. The summed E-state index contributed by atoms with van der Waals surface area (Å²) >= 11 is 0. The van der Waals surface area contributed by atoms with E-state index in [0.29, 0.717) is 24.5 Å². The summed E-state index contributed by atoms with van der Waals surface area (Å²) < 4.78 is 11.4. The fourth-order valence-corrected chi connectivity index (χ4v) is 2.35. The number of nitrogens with one attached hydrogen (secondary N) is 1. The van der Waals surface area contributed by atoms with Gasteiger partial charge in [-0.25, -0.2) is 0 Å². The Balaban J connectivity index is 2.07. The third-order valence-corrected chi connectivity index (χ3v) is 3.75. The lowest BCUT2D eigenvalue weighted by atomic mass is 10.1. The van der Waals surface area contributed by atoms with Gasteiger partial charge in [-0.15, -0.1) is 0 Å². The summed E-state index contributed by atoms with van der Waals surface area (Å²) in [6.45, 7) is 9.95. The van der Waals surface area contributed by atoms with Gasteiger partial charge < -0.3 is 14.8 Å². The number of amides is 1. The first-order chi connectivity index (χ1) is 12.0. The van der Waals surface area contributed by atoms with Crippen molar-refractivity contribution in [2.24, 2.45) is 0 Å². The molecule has 1 N–H and O–H groups in total. The highest BCUT2D eigenvalue weighted by molar-refractivity contribution is 5.94. The van der Waals surface area contributed by atoms with Crippen LogP contribution in [0.4, 0.5) is 5.69 Å². The van der Waals surface area contributed by atoms with E-state index in [4.69, 9.17) is 9.47 Å². The minimum atomic E-state index is -0.557. The van der Waals surface area contributed by atoms with Crippen molar-refractivity contribution in [3.05, 3.63) is 66.2 Å². The second kappa shape index (κ2) is 8.92. The Morgan fingerprint density at radius 1 is 1.24 bits per heavy atom. The number of carbonyl (C=O) groups is 1. The summed E-state index contributed by atoms with van der Waals surface area (Å²) in [7, 11) is 0. The van der Waals surface area contributed by atoms with Gasteiger partial charge in [0.2, 0.25) is 0 Å². The lowest BCUT2D eigenvalue weighted by Gasteiger charge is -2.19. The standard InChI is InChI=1S/C21H25NO3/c1-5-12-24-18-9-7-8-17(14-18)22-21(23)19(6-2)25-20-13-15(3)10-11-16(20)4/h5,7-11,13-14,19H,1,6,12H2,2-4H3,(H,22,23)/t19-/m1/s1. The molecular formula is C21H25NO3. The molecule has 1 amide bonds. The summed E-state index contributed by atoms with van der Waals surface area (Å²) in [5, 5.41) is 2.89. The quantitative estimate of drug-likeness (QED) is 0.711. The molecule has 0 saturated heterocycles. The number of aryl methyl sites for hydroxylation is 2. The molecule has 0 aromatic heterocycles. The second-order valence-electron chi connectivity index (χ2n) is 5.90. The van der Waals surface area contributed by atoms with Crippen molar-refractivity contribution in [3.63, 3.8) is 0 Å². The average molecular weight is 339 g/mol. The van der Waals surface area contributed by atoms with E-state index in [2.05, 4.69) is 11.9 Å². The minimum absolute atomic E-state index is 0.177. The van der Waals surface area contributed by atoms with Crippen LogP contribution in [-0.2, 0) is 4.79 Å². The van der Waals surface area contributed by atoms with Crippen molar-refractivity contribution in [3.8, 4) is 11.5 Å². The number of ether oxygens (including phenoxy) is 2. The highest BCUT2D eigenvalue weighted by Gasteiger charge is 2.19. The van der Waals surface area contributed by atoms with Gasteiger partial charge in [-0.1, -0.05) is 37.8 Å². The molecule has 1 atom stereocenters. The average Bonchev–Trinajstić information content (AvgIpc) is 2.60. The Kier molecular flexibility index (Phi) is 6.63. The van der Waals surface area contributed by atoms with Crippen molar-refractivity contribution in [1.82, 2.24) is 0 Å². The zero-order valence-corrected chi connectivity index (χ0v) is 15.0. The van der Waals surface area contributed by atoms with Crippen molar-refractivity contribution < 1.29 is 14.3 Å². The van der Waals surface area contributed by atoms with E-state index >= 15 is 0 Å². The van der Waals surface area contributed by atoms with E-state index < -0.39 is 6.10 Å². The van der Waals surface area contributed by atoms with Crippen molar-refractivity contribution in [2.45, 2.75) is 33.3 Å². The fraction of sp³-hybridized carbons (Fsp3) is 0.286. The summed E-state index contributed by atoms with van der Waals surface area (Å²) in [6, 6.07) is 13.3. The summed E-state index contributed by atoms with van der Waals surface area (Å²) in [5.41, 5.74) is 2.79. The molecule has 0 aliphatic rings. The number of carbonyl (C=O) groups excluding carboxylic acids is 1. The van der Waals surface area contributed by atoms with Crippen LogP contribution < -0.4 is 14.8 Å². The smallest absolute Gasteiger partial charge is 0.265 e. The molecule has 0 radical (unpaired) electrons. The summed E-state index contributed by atoms with van der Waals surface area (Å²) in [4.78, 5) is 12.6. The van der Waals surface area contributed by atoms with Crippen LogP contribution in [0.15, 0.2) is 55.1 Å². The Labute approximate surface area is 149 Å². The largest absolute Gasteiger partial charge is 0.489 e. The lowest BCUT2D eigenvalue weighted by Crippen LogP contribution is -2.32. The Morgan fingerprint density at radius 3 is 2.76 bits per heavy atom. The zero-order chi connectivity index (χ0) is 18.2. The van der Waals surface area contributed by atoms with E-state index in [0.717, 1.165) is 16.9 Å². The monoisotopic (exact) mass is 339 g/mol. The van der Waals surface area contributed by atoms with E-state index in [9.17, 15) is 4.79 Å². The van der Waals surface area contributed by atoms with Gasteiger partial charge in [-0.2, -0.15) is 0 Å². The van der Waals surface area contributed by atoms with Crippen LogP contribution in [0.25, 0.3) is 0 Å². The van der Waals surface area contributed by atoms with Crippen molar-refractivity contribution in [1.29, 1.82) is 0 Å². The van der Waals surface area contributed by atoms with Crippen LogP contribution in [0, 0.1) is 13.8 Å². The number of hydrogen-bond acceptors (Lipinski definition) is 3. The van der Waals surface area contributed by atoms with Gasteiger partial charge in [0.15, 0.2) is 6.10 Å². The van der Waals surface area contributed by atoms with Gasteiger partial charge in [0.1, 0.15) is 18.1 Å². The second-order valence-corrected chi connectivity index (χ2v) is 5.90. The topological polar surface area (TPSA) is 47.6 Å². The highest BCUT2D eigenvalue weighted by atomic mass is 16.5. The molecule has 4 nitrogen and oxygen atoms in total. The predicted octanol–water partition coefficient (Wildman–Crippen LogP) is 4.66. The van der Waals surface area contributed by atoms with Crippen molar-refractivity contribution >= 4 is 11.6 Å². The van der Waals surface area contributed by atoms with E-state index in [1.165, 1.54) is 0 Å². The molecule has 0 saturated carbocycles. The molecule has 0 aliphatic carbocycles. The molecule has 0 heterocycles. The van der Waals surface area contributed by atoms with E-state index in [1.54, 1.807) is 12.1 Å². The van der Waals surface area contributed by atoms with Gasteiger partial charge in [-0.3, -0.25) is 4.79 Å². The number of hydrogen-bond donors (Lipinski definition) is 1. The zero-order valence-electron chi connectivity index (χ0n) is 15.0. The SMILES string of the molecule is C=CCOc1cccc(NC(=O)[C@@H](CC)Oc2cc(C)ccc2C)c1. The summed E-state index contributed by atoms with van der Waals surface area (Å²) in [5.74, 6) is 1.25. The molecule has 0 spiro atoms. The molecular weight excluding hydrogens is 314 g/mol. The highest BCUT2D eigenvalue weighted by Crippen LogP contribution is 2.22. The third-order valence-electron chi connectivity index (χ3n) is 3.75. The molecule has 25 heavy (non-hydrogen) atoms. The van der Waals surface area contributed by atoms with Crippen LogP contribution in [0.5, 0.6) is 11.5 Å². The molecule has 0 fully saturated rings. The van der Waals surface area contributed by atoms with E-state index in [1.807, 2.05) is 57.2 Å². The predicted molar refractivity (Wildman–Crippen MR) is 101 cm³/mol. The maximum atomic E-state index is 12.6. The van der Waals surface area contributed by atoms with Crippen LogP contribution >= 0.6 is 0 Å². The first-order valence-electron chi connectivity index (χ1n) is 8.42. The van der Waals surface area contributed by atoms with Crippen LogP contribution in [0.2, 0.25) is 0 Å². The summed E-state index contributed by atoms with van der Waals surface area (Å²) in [6.07, 6.45) is 1.70. The lowest BCUT2D eigenvalue weighted by molar-refractivity contribution is -0.122. The van der Waals surface area contributed by atoms with Gasteiger partial charge in [0.25, 0.3) is 5.91 Å². The molecule has 4 heteroatoms. The Hall–Kier alpha value is -2.75.